The molecule has 1 aliphatic rings. The van der Waals surface area contributed by atoms with E-state index in [4.69, 9.17) is 9.47 Å². The number of amides is 1. The Morgan fingerprint density at radius 1 is 1.07 bits per heavy atom. The molecule has 1 amide bonds. The maximum Gasteiger partial charge on any atom is 0.251 e. The second-order valence-electron chi connectivity index (χ2n) is 6.71. The maximum absolute atomic E-state index is 12.6. The van der Waals surface area contributed by atoms with Gasteiger partial charge in [-0.2, -0.15) is 0 Å². The van der Waals surface area contributed by atoms with Crippen molar-refractivity contribution in [1.82, 2.24) is 5.32 Å². The molecule has 1 heterocycles. The zero-order valence-corrected chi connectivity index (χ0v) is 17.7. The molecule has 0 saturated carbocycles. The van der Waals surface area contributed by atoms with Crippen molar-refractivity contribution in [3.05, 3.63) is 53.6 Å². The van der Waals surface area contributed by atoms with E-state index in [2.05, 4.69) is 5.32 Å². The summed E-state index contributed by atoms with van der Waals surface area (Å²) in [5.41, 5.74) is 1.92. The van der Waals surface area contributed by atoms with Crippen LogP contribution in [-0.2, 0) is 10.0 Å². The third kappa shape index (κ3) is 4.64. The van der Waals surface area contributed by atoms with Gasteiger partial charge in [-0.1, -0.05) is 6.07 Å². The number of nitrogens with one attached hydrogen (secondary N) is 1. The zero-order valence-electron chi connectivity index (χ0n) is 16.8. The molecule has 29 heavy (non-hydrogen) atoms. The normalized spacial score (nSPS) is 14.2. The van der Waals surface area contributed by atoms with Gasteiger partial charge in [-0.25, -0.2) is 8.42 Å². The van der Waals surface area contributed by atoms with Crippen molar-refractivity contribution in [1.29, 1.82) is 0 Å². The Hall–Kier alpha value is -2.74. The van der Waals surface area contributed by atoms with Crippen LogP contribution in [-0.4, -0.2) is 39.8 Å². The van der Waals surface area contributed by atoms with Crippen LogP contribution < -0.4 is 19.1 Å². The summed E-state index contributed by atoms with van der Waals surface area (Å²) in [5, 5.41) is 2.96. The van der Waals surface area contributed by atoms with Crippen LogP contribution in [0, 0.1) is 0 Å². The van der Waals surface area contributed by atoms with Crippen molar-refractivity contribution in [2.45, 2.75) is 26.8 Å². The minimum Gasteiger partial charge on any atom is -0.486 e. The van der Waals surface area contributed by atoms with Gasteiger partial charge < -0.3 is 14.8 Å². The maximum atomic E-state index is 12.6. The molecule has 7 nitrogen and oxygen atoms in total. The van der Waals surface area contributed by atoms with Crippen molar-refractivity contribution in [3.63, 3.8) is 0 Å². The Bertz CT molecular complexity index is 973. The van der Waals surface area contributed by atoms with E-state index >= 15 is 0 Å². The third-order valence-corrected chi connectivity index (χ3v) is 6.69. The molecule has 0 radical (unpaired) electrons. The number of anilines is 1. The van der Waals surface area contributed by atoms with Crippen molar-refractivity contribution in [2.24, 2.45) is 0 Å². The van der Waals surface area contributed by atoms with Gasteiger partial charge in [0.2, 0.25) is 10.0 Å². The molecular formula is C21H26N2O5S. The van der Waals surface area contributed by atoms with Gasteiger partial charge in [-0.3, -0.25) is 9.10 Å². The second-order valence-corrected chi connectivity index (χ2v) is 8.89. The number of carbonyl (C=O) groups excluding carboxylic acids is 1. The van der Waals surface area contributed by atoms with Gasteiger partial charge in [0, 0.05) is 12.1 Å². The first-order chi connectivity index (χ1) is 13.9. The largest absolute Gasteiger partial charge is 0.486 e. The van der Waals surface area contributed by atoms with E-state index in [0.717, 1.165) is 5.56 Å². The first-order valence-corrected chi connectivity index (χ1v) is 11.3. The van der Waals surface area contributed by atoms with E-state index in [-0.39, 0.29) is 17.7 Å². The van der Waals surface area contributed by atoms with Crippen LogP contribution in [0.3, 0.4) is 0 Å². The summed E-state index contributed by atoms with van der Waals surface area (Å²) < 4.78 is 36.8. The van der Waals surface area contributed by atoms with Crippen LogP contribution in [0.4, 0.5) is 5.69 Å². The van der Waals surface area contributed by atoms with Crippen LogP contribution in [0.15, 0.2) is 42.5 Å². The highest BCUT2D eigenvalue weighted by molar-refractivity contribution is 7.92. The number of benzene rings is 2. The Kier molecular flexibility index (Phi) is 6.32. The van der Waals surface area contributed by atoms with Gasteiger partial charge >= 0.3 is 0 Å². The number of fused-ring (bicyclic) bond motifs is 1. The van der Waals surface area contributed by atoms with Gasteiger partial charge in [-0.15, -0.1) is 0 Å². The quantitative estimate of drug-likeness (QED) is 0.747. The van der Waals surface area contributed by atoms with Crippen molar-refractivity contribution in [3.8, 4) is 11.5 Å². The molecule has 156 valence electrons. The lowest BCUT2D eigenvalue weighted by Gasteiger charge is -2.22. The van der Waals surface area contributed by atoms with Crippen LogP contribution >= 0.6 is 0 Å². The van der Waals surface area contributed by atoms with E-state index in [1.54, 1.807) is 38.1 Å². The van der Waals surface area contributed by atoms with E-state index < -0.39 is 10.0 Å². The number of hydrogen-bond acceptors (Lipinski definition) is 5. The molecule has 0 fully saturated rings. The molecule has 0 aromatic heterocycles. The first kappa shape index (κ1) is 21.0. The highest BCUT2D eigenvalue weighted by atomic mass is 32.2. The molecule has 2 aromatic carbocycles. The second kappa shape index (κ2) is 8.73. The molecule has 1 aliphatic heterocycles. The minimum absolute atomic E-state index is 0.0239. The van der Waals surface area contributed by atoms with Gasteiger partial charge in [0.1, 0.15) is 13.2 Å². The van der Waals surface area contributed by atoms with Crippen molar-refractivity contribution >= 4 is 21.6 Å². The number of carbonyl (C=O) groups is 1. The minimum atomic E-state index is -3.35. The number of sulfonamides is 1. The van der Waals surface area contributed by atoms with Crippen LogP contribution in [0.25, 0.3) is 0 Å². The topological polar surface area (TPSA) is 84.9 Å². The molecule has 0 aliphatic carbocycles. The number of ether oxygens (including phenoxy) is 2. The lowest BCUT2D eigenvalue weighted by Crippen LogP contribution is -2.32. The van der Waals surface area contributed by atoms with E-state index in [0.29, 0.717) is 42.5 Å². The molecule has 0 unspecified atom stereocenters. The summed E-state index contributed by atoms with van der Waals surface area (Å²) in [7, 11) is -3.35. The average molecular weight is 419 g/mol. The molecule has 0 bridgehead atoms. The van der Waals surface area contributed by atoms with Crippen LogP contribution in [0.1, 0.15) is 42.7 Å². The molecular weight excluding hydrogens is 392 g/mol. The average Bonchev–Trinajstić information content (AvgIpc) is 2.74. The molecule has 2 aromatic rings. The van der Waals surface area contributed by atoms with E-state index in [9.17, 15) is 13.2 Å². The zero-order chi connectivity index (χ0) is 21.0. The summed E-state index contributed by atoms with van der Waals surface area (Å²) in [4.78, 5) is 12.6. The predicted octanol–water partition coefficient (Wildman–Crippen LogP) is 3.12. The molecule has 0 spiro atoms. The SMILES string of the molecule is CCN(c1ccc(C(=O)N[C@H](C)c2ccc3c(c2)OCCO3)cc1)S(=O)(=O)CC. The summed E-state index contributed by atoms with van der Waals surface area (Å²) in [6, 6.07) is 12.0. The Balaban J connectivity index is 1.70. The van der Waals surface area contributed by atoms with Crippen LogP contribution in [0.2, 0.25) is 0 Å². The van der Waals surface area contributed by atoms with Gasteiger partial charge in [0.05, 0.1) is 17.5 Å². The fourth-order valence-corrected chi connectivity index (χ4v) is 4.32. The molecule has 1 atom stereocenters. The van der Waals surface area contributed by atoms with Gasteiger partial charge in [-0.05, 0) is 62.7 Å². The molecule has 3 rings (SSSR count). The van der Waals surface area contributed by atoms with Gasteiger partial charge in [0.15, 0.2) is 11.5 Å². The lowest BCUT2D eigenvalue weighted by atomic mass is 10.1. The fraction of sp³-hybridized carbons (Fsp3) is 0.381. The standard InChI is InChI=1S/C21H26N2O5S/c1-4-23(29(25,26)5-2)18-9-6-16(7-10-18)21(24)22-15(3)17-8-11-19-20(14-17)28-13-12-27-19/h6-11,14-15H,4-5,12-13H2,1-3H3,(H,22,24)/t15-/m1/s1. The van der Waals surface area contributed by atoms with E-state index in [1.807, 2.05) is 25.1 Å². The Morgan fingerprint density at radius 2 is 1.72 bits per heavy atom. The van der Waals surface area contributed by atoms with E-state index in [1.165, 1.54) is 4.31 Å². The highest BCUT2D eigenvalue weighted by Gasteiger charge is 2.20. The Labute approximate surface area is 171 Å². The summed E-state index contributed by atoms with van der Waals surface area (Å²) >= 11 is 0. The summed E-state index contributed by atoms with van der Waals surface area (Å²) in [6.07, 6.45) is 0. The van der Waals surface area contributed by atoms with Gasteiger partial charge in [0.25, 0.3) is 5.91 Å². The third-order valence-electron chi connectivity index (χ3n) is 4.82. The number of hydrogen-bond donors (Lipinski definition) is 1. The van der Waals surface area contributed by atoms with Crippen LogP contribution in [0.5, 0.6) is 11.5 Å². The summed E-state index contributed by atoms with van der Waals surface area (Å²) in [6.45, 7) is 6.66. The monoisotopic (exact) mass is 418 g/mol. The predicted molar refractivity (Wildman–Crippen MR) is 112 cm³/mol. The number of rotatable bonds is 7. The summed E-state index contributed by atoms with van der Waals surface area (Å²) in [5.74, 6) is 1.17. The van der Waals surface area contributed by atoms with Crippen molar-refractivity contribution in [2.75, 3.05) is 29.8 Å². The smallest absolute Gasteiger partial charge is 0.251 e. The molecule has 0 saturated heterocycles. The molecule has 1 N–H and O–H groups in total. The first-order valence-electron chi connectivity index (χ1n) is 9.66. The fourth-order valence-electron chi connectivity index (χ4n) is 3.17. The highest BCUT2D eigenvalue weighted by Crippen LogP contribution is 2.32. The number of nitrogens with zero attached hydrogens (tertiary/aromatic N) is 1. The van der Waals surface area contributed by atoms with Crippen molar-refractivity contribution < 1.29 is 22.7 Å². The Morgan fingerprint density at radius 3 is 2.34 bits per heavy atom. The lowest BCUT2D eigenvalue weighted by molar-refractivity contribution is 0.0939. The molecule has 8 heteroatoms.